The van der Waals surface area contributed by atoms with E-state index in [1.54, 1.807) is 0 Å². The minimum absolute atomic E-state index is 1.03. The van der Waals surface area contributed by atoms with E-state index in [4.69, 9.17) is 0 Å². The van der Waals surface area contributed by atoms with E-state index in [1.807, 2.05) is 0 Å². The van der Waals surface area contributed by atoms with Gasteiger partial charge in [0.1, 0.15) is 0 Å². The summed E-state index contributed by atoms with van der Waals surface area (Å²) in [5, 5.41) is 0. The summed E-state index contributed by atoms with van der Waals surface area (Å²) in [5.41, 5.74) is 1.30. The average molecular weight is 498 g/mol. The van der Waals surface area contributed by atoms with E-state index in [9.17, 15) is 0 Å². The molecule has 0 N–H and O–H groups in total. The summed E-state index contributed by atoms with van der Waals surface area (Å²) in [6.07, 6.45) is 0. The zero-order valence-corrected chi connectivity index (χ0v) is 20.7. The maximum absolute atomic E-state index is 3.43. The van der Waals surface area contributed by atoms with Crippen LogP contribution in [0.5, 0.6) is 0 Å². The van der Waals surface area contributed by atoms with E-state index in [0.29, 0.717) is 0 Å². The van der Waals surface area contributed by atoms with E-state index in [-0.39, 0.29) is 0 Å². The van der Waals surface area contributed by atoms with Gasteiger partial charge in [-0.1, -0.05) is 0 Å². The third kappa shape index (κ3) is 3.79. The van der Waals surface area contributed by atoms with Crippen molar-refractivity contribution in [2.75, 3.05) is 18.0 Å². The molecule has 1 nitrogen and oxygen atoms in total. The van der Waals surface area contributed by atoms with Crippen LogP contribution in [0.3, 0.4) is 0 Å². The van der Waals surface area contributed by atoms with Gasteiger partial charge in [0, 0.05) is 0 Å². The maximum atomic E-state index is 2.41. The van der Waals surface area contributed by atoms with Gasteiger partial charge < -0.3 is 0 Å². The zero-order chi connectivity index (χ0) is 20.8. The first-order chi connectivity index (χ1) is 14.8. The summed E-state index contributed by atoms with van der Waals surface area (Å²) in [5.74, 6) is 0. The molecule has 0 aliphatic carbocycles. The first kappa shape index (κ1) is 20.7. The summed E-state index contributed by atoms with van der Waals surface area (Å²) < 4.78 is 5.95. The van der Waals surface area contributed by atoms with Gasteiger partial charge in [0.15, 0.2) is 0 Å². The summed E-state index contributed by atoms with van der Waals surface area (Å²) >= 11 is -3.43. The summed E-state index contributed by atoms with van der Waals surface area (Å²) in [6, 6.07) is 43.0. The van der Waals surface area contributed by atoms with Crippen LogP contribution in [0, 0.1) is 0 Å². The molecule has 0 heterocycles. The topological polar surface area (TPSA) is 3.24 Å². The van der Waals surface area contributed by atoms with Crippen LogP contribution in [0.1, 0.15) is 13.8 Å². The van der Waals surface area contributed by atoms with Crippen molar-refractivity contribution in [1.29, 1.82) is 0 Å². The average Bonchev–Trinajstić information content (AvgIpc) is 2.83. The summed E-state index contributed by atoms with van der Waals surface area (Å²) in [4.78, 5) is 2.41. The molecule has 0 aliphatic heterocycles. The number of anilines is 1. The van der Waals surface area contributed by atoms with Crippen molar-refractivity contribution >= 4 is 38.4 Å². The molecule has 0 fully saturated rings. The number of benzene rings is 4. The zero-order valence-electron chi connectivity index (χ0n) is 17.8. The van der Waals surface area contributed by atoms with Gasteiger partial charge in [-0.05, 0) is 0 Å². The van der Waals surface area contributed by atoms with E-state index < -0.39 is 18.4 Å². The third-order valence-electron chi connectivity index (χ3n) is 6.05. The quantitative estimate of drug-likeness (QED) is 0.350. The molecule has 150 valence electrons. The standard InChI is InChI=1S/C10H14N.3C6H5.Sn/c1-3-11(4-2)10-8-6-5-7-9-10;3*1-2-4-6-5-3-1;/h6-9H,3-4H2,1-2H3;3*1-5H;. The molecule has 0 atom stereocenters. The van der Waals surface area contributed by atoms with Crippen molar-refractivity contribution in [1.82, 2.24) is 0 Å². The SMILES string of the molecule is CCN(CC)c1cc[c]([Sn]([c]2ccccc2)([c]2ccccc2)[c]2ccccc2)cc1. The van der Waals surface area contributed by atoms with Gasteiger partial charge in [-0.3, -0.25) is 0 Å². The third-order valence-corrected chi connectivity index (χ3v) is 19.7. The Morgan fingerprint density at radius 1 is 0.467 bits per heavy atom. The van der Waals surface area contributed by atoms with Crippen LogP contribution < -0.4 is 19.2 Å². The Balaban J connectivity index is 2.01. The fourth-order valence-corrected chi connectivity index (χ4v) is 18.1. The van der Waals surface area contributed by atoms with Crippen LogP contribution in [-0.4, -0.2) is 31.5 Å². The molecule has 4 aromatic carbocycles. The number of hydrogen-bond donors (Lipinski definition) is 0. The van der Waals surface area contributed by atoms with Gasteiger partial charge in [0.05, 0.1) is 0 Å². The second-order valence-electron chi connectivity index (χ2n) is 7.57. The Kier molecular flexibility index (Phi) is 6.59. The molecule has 0 saturated heterocycles. The van der Waals surface area contributed by atoms with Crippen LogP contribution in [0.4, 0.5) is 5.69 Å². The van der Waals surface area contributed by atoms with Gasteiger partial charge >= 0.3 is 185 Å². The molecule has 0 radical (unpaired) electrons. The molecule has 0 bridgehead atoms. The molecule has 0 saturated carbocycles. The summed E-state index contributed by atoms with van der Waals surface area (Å²) in [6.45, 7) is 6.50. The molecule has 0 aliphatic rings. The Hall–Kier alpha value is -2.52. The Bertz CT molecular complexity index is 943. The molecule has 2 heteroatoms. The normalized spacial score (nSPS) is 11.3. The predicted octanol–water partition coefficient (Wildman–Crippen LogP) is 3.91. The van der Waals surface area contributed by atoms with Crippen molar-refractivity contribution in [2.24, 2.45) is 0 Å². The van der Waals surface area contributed by atoms with E-state index in [1.165, 1.54) is 20.0 Å². The molecular formula is C28H29NSn. The number of hydrogen-bond acceptors (Lipinski definition) is 1. The van der Waals surface area contributed by atoms with Crippen molar-refractivity contribution in [2.45, 2.75) is 13.8 Å². The molecule has 0 amide bonds. The van der Waals surface area contributed by atoms with E-state index >= 15 is 0 Å². The molecule has 0 unspecified atom stereocenters. The monoisotopic (exact) mass is 499 g/mol. The van der Waals surface area contributed by atoms with Crippen LogP contribution in [-0.2, 0) is 0 Å². The van der Waals surface area contributed by atoms with Crippen molar-refractivity contribution in [3.05, 3.63) is 115 Å². The fraction of sp³-hybridized carbons (Fsp3) is 0.143. The Labute approximate surface area is 184 Å². The van der Waals surface area contributed by atoms with Crippen molar-refractivity contribution in [3.8, 4) is 0 Å². The van der Waals surface area contributed by atoms with Crippen LogP contribution in [0.15, 0.2) is 115 Å². The Morgan fingerprint density at radius 3 is 1.13 bits per heavy atom. The molecule has 0 spiro atoms. The van der Waals surface area contributed by atoms with Gasteiger partial charge in [0.2, 0.25) is 0 Å². The molecule has 4 rings (SSSR count). The fourth-order valence-electron chi connectivity index (χ4n) is 4.58. The first-order valence-electron chi connectivity index (χ1n) is 10.8. The van der Waals surface area contributed by atoms with Crippen molar-refractivity contribution < 1.29 is 0 Å². The van der Waals surface area contributed by atoms with Gasteiger partial charge in [-0.15, -0.1) is 0 Å². The molecule has 0 aromatic heterocycles. The van der Waals surface area contributed by atoms with Crippen molar-refractivity contribution in [3.63, 3.8) is 0 Å². The van der Waals surface area contributed by atoms with E-state index in [2.05, 4.69) is 134 Å². The van der Waals surface area contributed by atoms with E-state index in [0.717, 1.165) is 13.1 Å². The molecule has 4 aromatic rings. The Morgan fingerprint density at radius 2 is 0.800 bits per heavy atom. The minimum atomic E-state index is -3.43. The van der Waals surface area contributed by atoms with Gasteiger partial charge in [0.25, 0.3) is 0 Å². The second-order valence-corrected chi connectivity index (χ2v) is 18.4. The predicted molar refractivity (Wildman–Crippen MR) is 134 cm³/mol. The van der Waals surface area contributed by atoms with Crippen LogP contribution in [0.2, 0.25) is 0 Å². The molecular weight excluding hydrogens is 469 g/mol. The van der Waals surface area contributed by atoms with Crippen LogP contribution >= 0.6 is 0 Å². The second kappa shape index (κ2) is 9.53. The number of nitrogens with zero attached hydrogens (tertiary/aromatic N) is 1. The van der Waals surface area contributed by atoms with Gasteiger partial charge in [-0.25, -0.2) is 0 Å². The number of rotatable bonds is 7. The summed E-state index contributed by atoms with van der Waals surface area (Å²) in [7, 11) is 0. The molecule has 30 heavy (non-hydrogen) atoms. The van der Waals surface area contributed by atoms with Crippen LogP contribution in [0.25, 0.3) is 0 Å². The van der Waals surface area contributed by atoms with Gasteiger partial charge in [-0.2, -0.15) is 0 Å². The first-order valence-corrected chi connectivity index (χ1v) is 16.5.